The number of carbonyl (C=O) groups excluding carboxylic acids is 3. The number of amides is 3. The highest BCUT2D eigenvalue weighted by Gasteiger charge is 2.76. The number of nitrogens with zero attached hydrogens (tertiary/aromatic N) is 1. The van der Waals surface area contributed by atoms with Crippen LogP contribution in [0.1, 0.15) is 45.4 Å². The van der Waals surface area contributed by atoms with Gasteiger partial charge in [-0.05, 0) is 44.4 Å². The van der Waals surface area contributed by atoms with Gasteiger partial charge in [-0.15, -0.1) is 0 Å². The van der Waals surface area contributed by atoms with Crippen molar-refractivity contribution in [1.82, 2.24) is 10.2 Å². The summed E-state index contributed by atoms with van der Waals surface area (Å²) < 4.78 is 11.7. The smallest absolute Gasteiger partial charge is 0.246 e. The molecule has 2 saturated heterocycles. The maximum absolute atomic E-state index is 14.0. The van der Waals surface area contributed by atoms with E-state index in [0.717, 1.165) is 25.7 Å². The van der Waals surface area contributed by atoms with Gasteiger partial charge in [-0.2, -0.15) is 0 Å². The van der Waals surface area contributed by atoms with Crippen molar-refractivity contribution in [2.24, 2.45) is 11.8 Å². The Kier molecular flexibility index (Phi) is 7.31. The fraction of sp³-hybridized carbons (Fsp3) is 0.593. The van der Waals surface area contributed by atoms with Crippen molar-refractivity contribution < 1.29 is 23.9 Å². The summed E-state index contributed by atoms with van der Waals surface area (Å²) in [4.78, 5) is 43.0. The Morgan fingerprint density at radius 1 is 1.14 bits per heavy atom. The van der Waals surface area contributed by atoms with E-state index in [0.29, 0.717) is 35.3 Å². The van der Waals surface area contributed by atoms with E-state index in [1.807, 2.05) is 12.2 Å². The quantitative estimate of drug-likeness (QED) is 0.378. The molecule has 1 saturated carbocycles. The maximum Gasteiger partial charge on any atom is 0.246 e. The van der Waals surface area contributed by atoms with E-state index >= 15 is 0 Å². The van der Waals surface area contributed by atoms with Crippen LogP contribution in [0.15, 0.2) is 30.4 Å². The minimum absolute atomic E-state index is 0.0829. The Balaban J connectivity index is 1.45. The van der Waals surface area contributed by atoms with Gasteiger partial charge in [0.1, 0.15) is 11.6 Å². The summed E-state index contributed by atoms with van der Waals surface area (Å²) in [5, 5.41) is 6.76. The van der Waals surface area contributed by atoms with E-state index in [4.69, 9.17) is 32.7 Å². The predicted octanol–water partition coefficient (Wildman–Crippen LogP) is 3.96. The van der Waals surface area contributed by atoms with Crippen molar-refractivity contribution >= 4 is 46.6 Å². The van der Waals surface area contributed by atoms with Crippen LogP contribution in [0.25, 0.3) is 0 Å². The molecule has 0 radical (unpaired) electrons. The highest BCUT2D eigenvalue weighted by Crippen LogP contribution is 2.59. The van der Waals surface area contributed by atoms with Crippen LogP contribution in [-0.4, -0.2) is 66.2 Å². The van der Waals surface area contributed by atoms with Gasteiger partial charge in [0.2, 0.25) is 17.7 Å². The molecule has 0 unspecified atom stereocenters. The van der Waals surface area contributed by atoms with Crippen molar-refractivity contribution in [3.63, 3.8) is 0 Å². The molecule has 5 rings (SSSR count). The number of carbonyl (C=O) groups is 3. The topological polar surface area (TPSA) is 97.0 Å². The SMILES string of the molecule is COCCCN1C(=O)[C@H]2[C@@H](C(=O)Nc3ccc(Cl)c(Cl)c3)[C@@]3(C)C=C[C@@]2(O3)[C@@H]1C(=O)NC1CCCCC1. The zero-order valence-electron chi connectivity index (χ0n) is 21.1. The molecule has 1 aliphatic carbocycles. The lowest BCUT2D eigenvalue weighted by Crippen LogP contribution is -2.56. The van der Waals surface area contributed by atoms with Crippen molar-refractivity contribution in [1.29, 1.82) is 0 Å². The van der Waals surface area contributed by atoms with E-state index in [-0.39, 0.29) is 23.8 Å². The van der Waals surface area contributed by atoms with Crippen LogP contribution >= 0.6 is 23.2 Å². The minimum atomic E-state index is -1.21. The number of fused-ring (bicyclic) bond motifs is 1. The van der Waals surface area contributed by atoms with Gasteiger partial charge < -0.3 is 25.0 Å². The van der Waals surface area contributed by atoms with Crippen LogP contribution in [0.5, 0.6) is 0 Å². The Labute approximate surface area is 227 Å². The number of halogens is 2. The molecule has 5 atom stereocenters. The summed E-state index contributed by atoms with van der Waals surface area (Å²) in [6, 6.07) is 4.05. The molecule has 200 valence electrons. The first-order chi connectivity index (χ1) is 17.7. The summed E-state index contributed by atoms with van der Waals surface area (Å²) >= 11 is 12.2. The number of hydrogen-bond donors (Lipinski definition) is 2. The van der Waals surface area contributed by atoms with Crippen molar-refractivity contribution in [2.75, 3.05) is 25.6 Å². The third-order valence-electron chi connectivity index (χ3n) is 8.21. The molecule has 10 heteroatoms. The van der Waals surface area contributed by atoms with Crippen LogP contribution in [0.3, 0.4) is 0 Å². The lowest BCUT2D eigenvalue weighted by Gasteiger charge is -2.34. The molecule has 3 amide bonds. The highest BCUT2D eigenvalue weighted by molar-refractivity contribution is 6.42. The lowest BCUT2D eigenvalue weighted by molar-refractivity contribution is -0.144. The van der Waals surface area contributed by atoms with Crippen LogP contribution in [-0.2, 0) is 23.9 Å². The zero-order valence-corrected chi connectivity index (χ0v) is 22.6. The van der Waals surface area contributed by atoms with Gasteiger partial charge in [-0.1, -0.05) is 54.6 Å². The maximum atomic E-state index is 14.0. The van der Waals surface area contributed by atoms with E-state index in [1.165, 1.54) is 6.42 Å². The summed E-state index contributed by atoms with van der Waals surface area (Å²) in [7, 11) is 1.60. The second kappa shape index (κ2) is 10.2. The Hall–Kier alpha value is -2.13. The molecule has 1 spiro atoms. The summed E-state index contributed by atoms with van der Waals surface area (Å²) in [6.07, 6.45) is 9.40. The molecule has 4 aliphatic rings. The van der Waals surface area contributed by atoms with Crippen molar-refractivity contribution in [2.45, 2.75) is 68.7 Å². The van der Waals surface area contributed by atoms with Gasteiger partial charge in [0, 0.05) is 32.0 Å². The van der Waals surface area contributed by atoms with E-state index < -0.39 is 29.1 Å². The summed E-state index contributed by atoms with van der Waals surface area (Å²) in [5.41, 5.74) is -1.77. The monoisotopic (exact) mass is 549 g/mol. The number of rotatable bonds is 8. The Morgan fingerprint density at radius 3 is 2.59 bits per heavy atom. The molecular weight excluding hydrogens is 517 g/mol. The average molecular weight is 550 g/mol. The van der Waals surface area contributed by atoms with Gasteiger partial charge in [-0.25, -0.2) is 0 Å². The standard InChI is InChI=1S/C27H33Cl2N3O5/c1-26-11-12-27(37-26)21(20(26)23(33)31-17-9-10-18(28)19(29)15-17)25(35)32(13-6-14-36-2)22(27)24(34)30-16-7-4-3-5-8-16/h9-12,15-16,20-22H,3-8,13-14H2,1-2H3,(H,30,34)(H,31,33)/t20-,21+,22-,26+,27-/m0/s1. The first-order valence-electron chi connectivity index (χ1n) is 13.0. The molecule has 3 fully saturated rings. The van der Waals surface area contributed by atoms with Crippen molar-refractivity contribution in [3.05, 3.63) is 40.4 Å². The molecule has 2 N–H and O–H groups in total. The Bertz CT molecular complexity index is 1120. The van der Waals surface area contributed by atoms with Gasteiger partial charge in [0.25, 0.3) is 0 Å². The minimum Gasteiger partial charge on any atom is -0.385 e. The molecule has 8 nitrogen and oxygen atoms in total. The third kappa shape index (κ3) is 4.56. The Morgan fingerprint density at radius 2 is 1.89 bits per heavy atom. The number of methoxy groups -OCH3 is 1. The number of ether oxygens (including phenoxy) is 2. The normalized spacial score (nSPS) is 32.6. The molecular formula is C27H33Cl2N3O5. The van der Waals surface area contributed by atoms with Gasteiger partial charge >= 0.3 is 0 Å². The fourth-order valence-corrected chi connectivity index (χ4v) is 6.87. The van der Waals surface area contributed by atoms with Crippen LogP contribution in [0.4, 0.5) is 5.69 Å². The first-order valence-corrected chi connectivity index (χ1v) is 13.7. The second-order valence-corrected chi connectivity index (χ2v) is 11.5. The summed E-state index contributed by atoms with van der Waals surface area (Å²) in [5.74, 6) is -2.48. The van der Waals surface area contributed by atoms with Crippen molar-refractivity contribution in [3.8, 4) is 0 Å². The third-order valence-corrected chi connectivity index (χ3v) is 8.95. The average Bonchev–Trinajstić information content (AvgIpc) is 3.43. The molecule has 1 aromatic carbocycles. The second-order valence-electron chi connectivity index (χ2n) is 10.7. The lowest BCUT2D eigenvalue weighted by atomic mass is 9.70. The van der Waals surface area contributed by atoms with Crippen LogP contribution < -0.4 is 10.6 Å². The number of hydrogen-bond acceptors (Lipinski definition) is 5. The van der Waals surface area contributed by atoms with Gasteiger partial charge in [0.05, 0.1) is 27.5 Å². The molecule has 0 aromatic heterocycles. The predicted molar refractivity (Wildman–Crippen MR) is 140 cm³/mol. The van der Waals surface area contributed by atoms with E-state index in [9.17, 15) is 14.4 Å². The van der Waals surface area contributed by atoms with Gasteiger partial charge in [0.15, 0.2) is 0 Å². The number of likely N-dealkylation sites (tertiary alicyclic amines) is 1. The highest BCUT2D eigenvalue weighted by atomic mass is 35.5. The summed E-state index contributed by atoms with van der Waals surface area (Å²) in [6.45, 7) is 2.59. The number of anilines is 1. The first kappa shape index (κ1) is 26.5. The van der Waals surface area contributed by atoms with Crippen LogP contribution in [0, 0.1) is 11.8 Å². The van der Waals surface area contributed by atoms with Crippen LogP contribution in [0.2, 0.25) is 10.0 Å². The molecule has 2 bridgehead atoms. The van der Waals surface area contributed by atoms with E-state index in [2.05, 4.69) is 10.6 Å². The van der Waals surface area contributed by atoms with E-state index in [1.54, 1.807) is 37.1 Å². The van der Waals surface area contributed by atoms with Gasteiger partial charge in [-0.3, -0.25) is 14.4 Å². The molecule has 1 aromatic rings. The molecule has 3 heterocycles. The number of benzene rings is 1. The fourth-order valence-electron chi connectivity index (χ4n) is 6.57. The zero-order chi connectivity index (χ0) is 26.4. The molecule has 3 aliphatic heterocycles. The largest absolute Gasteiger partial charge is 0.385 e. The number of nitrogens with one attached hydrogen (secondary N) is 2. The molecule has 37 heavy (non-hydrogen) atoms.